The number of H-pyrrole nitrogens is 1. The Hall–Kier alpha value is -1.69. The fourth-order valence-electron chi connectivity index (χ4n) is 1.75. The summed E-state index contributed by atoms with van der Waals surface area (Å²) in [6, 6.07) is 5.37. The Bertz CT molecular complexity index is 617. The number of carbonyl (C=O) groups is 1. The zero-order valence-corrected chi connectivity index (χ0v) is 10.9. The molecule has 0 fully saturated rings. The maximum absolute atomic E-state index is 11.6. The third kappa shape index (κ3) is 2.76. The van der Waals surface area contributed by atoms with Crippen molar-refractivity contribution in [1.82, 2.24) is 9.88 Å². The summed E-state index contributed by atoms with van der Waals surface area (Å²) in [6.45, 7) is 0.496. The van der Waals surface area contributed by atoms with Gasteiger partial charge in [0, 0.05) is 20.0 Å². The van der Waals surface area contributed by atoms with Crippen molar-refractivity contribution in [2.45, 2.75) is 13.0 Å². The second-order valence-corrected chi connectivity index (χ2v) is 4.52. The van der Waals surface area contributed by atoms with Crippen molar-refractivity contribution in [3.63, 3.8) is 0 Å². The molecule has 1 N–H and O–H groups in total. The Morgan fingerprint density at radius 1 is 1.50 bits per heavy atom. The average molecular weight is 266 g/mol. The molecule has 0 radical (unpaired) electrons. The molecule has 0 saturated heterocycles. The number of nitrogens with one attached hydrogen (secondary N) is 1. The van der Waals surface area contributed by atoms with Gasteiger partial charge >= 0.3 is 5.76 Å². The molecule has 0 bridgehead atoms. The van der Waals surface area contributed by atoms with E-state index >= 15 is 0 Å². The predicted octanol–water partition coefficient (Wildman–Crippen LogP) is 1.40. The van der Waals surface area contributed by atoms with E-state index in [-0.39, 0.29) is 5.91 Å². The molecule has 18 heavy (non-hydrogen) atoms. The molecule has 0 aliphatic rings. The van der Waals surface area contributed by atoms with Gasteiger partial charge < -0.3 is 9.32 Å². The Morgan fingerprint density at radius 3 is 3.00 bits per heavy atom. The van der Waals surface area contributed by atoms with Gasteiger partial charge in [0.1, 0.15) is 0 Å². The molecule has 5 nitrogen and oxygen atoms in total. The molecule has 96 valence electrons. The average Bonchev–Trinajstić information content (AvgIpc) is 2.68. The first-order chi connectivity index (χ1) is 8.60. The maximum Gasteiger partial charge on any atom is 0.417 e. The molecule has 0 spiro atoms. The third-order valence-corrected chi connectivity index (χ3v) is 2.88. The van der Waals surface area contributed by atoms with E-state index < -0.39 is 5.76 Å². The van der Waals surface area contributed by atoms with Gasteiger partial charge in [0.2, 0.25) is 5.91 Å². The van der Waals surface area contributed by atoms with Crippen molar-refractivity contribution in [2.24, 2.45) is 0 Å². The molecular weight excluding hydrogens is 252 g/mol. The molecular formula is C12H14N2O3S. The van der Waals surface area contributed by atoms with Gasteiger partial charge in [-0.2, -0.15) is 12.6 Å². The van der Waals surface area contributed by atoms with Crippen molar-refractivity contribution >= 4 is 29.6 Å². The van der Waals surface area contributed by atoms with E-state index in [9.17, 15) is 9.59 Å². The van der Waals surface area contributed by atoms with Crippen LogP contribution in [-0.4, -0.2) is 28.6 Å². The first-order valence-electron chi connectivity index (χ1n) is 5.56. The van der Waals surface area contributed by atoms with Gasteiger partial charge in [-0.25, -0.2) is 4.79 Å². The van der Waals surface area contributed by atoms with Crippen LogP contribution in [-0.2, 0) is 11.3 Å². The number of hydrogen-bond acceptors (Lipinski definition) is 4. The number of rotatable bonds is 4. The fraction of sp³-hybridized carbons (Fsp3) is 0.333. The normalized spacial score (nSPS) is 10.8. The van der Waals surface area contributed by atoms with Crippen molar-refractivity contribution in [3.8, 4) is 0 Å². The fourth-order valence-corrected chi connectivity index (χ4v) is 1.94. The van der Waals surface area contributed by atoms with Gasteiger partial charge in [-0.1, -0.05) is 6.07 Å². The highest BCUT2D eigenvalue weighted by atomic mass is 32.1. The first kappa shape index (κ1) is 12.8. The van der Waals surface area contributed by atoms with Crippen LogP contribution in [0, 0.1) is 0 Å². The van der Waals surface area contributed by atoms with Crippen molar-refractivity contribution in [2.75, 3.05) is 12.8 Å². The quantitative estimate of drug-likeness (QED) is 0.822. The highest BCUT2D eigenvalue weighted by molar-refractivity contribution is 7.80. The standard InChI is InChI=1S/C12H14N2O3S/c1-14(11(15)4-5-18)7-8-2-3-10-9(6-8)13-12(16)17-10/h2-3,6,18H,4-5,7H2,1H3,(H,13,16). The SMILES string of the molecule is CN(Cc1ccc2oc(=O)[nH]c2c1)C(=O)CCS. The number of amides is 1. The van der Waals surface area contributed by atoms with Crippen LogP contribution < -0.4 is 5.76 Å². The number of aromatic nitrogens is 1. The van der Waals surface area contributed by atoms with Crippen LogP contribution in [0.15, 0.2) is 27.4 Å². The summed E-state index contributed by atoms with van der Waals surface area (Å²) < 4.78 is 4.91. The summed E-state index contributed by atoms with van der Waals surface area (Å²) >= 11 is 4.03. The zero-order chi connectivity index (χ0) is 13.1. The molecule has 6 heteroatoms. The molecule has 1 amide bonds. The lowest BCUT2D eigenvalue weighted by atomic mass is 10.2. The van der Waals surface area contributed by atoms with E-state index in [1.165, 1.54) is 0 Å². The van der Waals surface area contributed by atoms with Gasteiger partial charge in [-0.05, 0) is 23.4 Å². The zero-order valence-electron chi connectivity index (χ0n) is 9.97. The highest BCUT2D eigenvalue weighted by Gasteiger charge is 2.09. The van der Waals surface area contributed by atoms with Crippen LogP contribution in [0.4, 0.5) is 0 Å². The number of fused-ring (bicyclic) bond motifs is 1. The van der Waals surface area contributed by atoms with E-state index in [1.807, 2.05) is 12.1 Å². The van der Waals surface area contributed by atoms with E-state index in [0.29, 0.717) is 29.8 Å². The van der Waals surface area contributed by atoms with Gasteiger partial charge in [-0.3, -0.25) is 9.78 Å². The molecule has 0 unspecified atom stereocenters. The van der Waals surface area contributed by atoms with Crippen LogP contribution >= 0.6 is 12.6 Å². The van der Waals surface area contributed by atoms with Gasteiger partial charge in [0.25, 0.3) is 0 Å². The first-order valence-corrected chi connectivity index (χ1v) is 6.20. The van der Waals surface area contributed by atoms with Gasteiger partial charge in [-0.15, -0.1) is 0 Å². The van der Waals surface area contributed by atoms with E-state index in [2.05, 4.69) is 17.6 Å². The Kier molecular flexibility index (Phi) is 3.76. The molecule has 0 saturated carbocycles. The van der Waals surface area contributed by atoms with Crippen molar-refractivity contribution < 1.29 is 9.21 Å². The van der Waals surface area contributed by atoms with Crippen molar-refractivity contribution in [3.05, 3.63) is 34.3 Å². The van der Waals surface area contributed by atoms with E-state index in [1.54, 1.807) is 18.0 Å². The molecule has 2 rings (SSSR count). The lowest BCUT2D eigenvalue weighted by molar-refractivity contribution is -0.129. The number of nitrogens with zero attached hydrogens (tertiary/aromatic N) is 1. The summed E-state index contributed by atoms with van der Waals surface area (Å²) in [4.78, 5) is 26.9. The molecule has 0 aliphatic heterocycles. The molecule has 1 aromatic heterocycles. The summed E-state index contributed by atoms with van der Waals surface area (Å²) in [5.41, 5.74) is 2.11. The topological polar surface area (TPSA) is 66.3 Å². The molecule has 2 aromatic rings. The summed E-state index contributed by atoms with van der Waals surface area (Å²) in [6.07, 6.45) is 0.421. The Balaban J connectivity index is 2.16. The van der Waals surface area contributed by atoms with Crippen LogP contribution in [0.25, 0.3) is 11.1 Å². The molecule has 0 atom stereocenters. The maximum atomic E-state index is 11.6. The monoisotopic (exact) mass is 266 g/mol. The Labute approximate surface area is 109 Å². The predicted molar refractivity (Wildman–Crippen MR) is 71.8 cm³/mol. The number of thiol groups is 1. The highest BCUT2D eigenvalue weighted by Crippen LogP contribution is 2.13. The second-order valence-electron chi connectivity index (χ2n) is 4.07. The molecule has 1 aromatic carbocycles. The number of benzene rings is 1. The van der Waals surface area contributed by atoms with E-state index in [0.717, 1.165) is 5.56 Å². The number of oxazole rings is 1. The Morgan fingerprint density at radius 2 is 2.28 bits per heavy atom. The van der Waals surface area contributed by atoms with Crippen LogP contribution in [0.1, 0.15) is 12.0 Å². The van der Waals surface area contributed by atoms with Crippen LogP contribution in [0.3, 0.4) is 0 Å². The van der Waals surface area contributed by atoms with Gasteiger partial charge in [0.05, 0.1) is 5.52 Å². The number of hydrogen-bond donors (Lipinski definition) is 2. The van der Waals surface area contributed by atoms with Crippen molar-refractivity contribution in [1.29, 1.82) is 0 Å². The number of aromatic amines is 1. The second kappa shape index (κ2) is 5.30. The van der Waals surface area contributed by atoms with E-state index in [4.69, 9.17) is 4.42 Å². The minimum atomic E-state index is -0.471. The minimum Gasteiger partial charge on any atom is -0.408 e. The minimum absolute atomic E-state index is 0.0470. The third-order valence-electron chi connectivity index (χ3n) is 2.65. The molecule has 0 aliphatic carbocycles. The smallest absolute Gasteiger partial charge is 0.408 e. The van der Waals surface area contributed by atoms with Crippen LogP contribution in [0.2, 0.25) is 0 Å². The summed E-state index contributed by atoms with van der Waals surface area (Å²) in [7, 11) is 1.74. The lowest BCUT2D eigenvalue weighted by Crippen LogP contribution is -2.26. The summed E-state index contributed by atoms with van der Waals surface area (Å²) in [5, 5.41) is 0. The van der Waals surface area contributed by atoms with Gasteiger partial charge in [0.15, 0.2) is 5.58 Å². The number of carbonyl (C=O) groups excluding carboxylic acids is 1. The molecule has 1 heterocycles. The largest absolute Gasteiger partial charge is 0.417 e. The van der Waals surface area contributed by atoms with Crippen LogP contribution in [0.5, 0.6) is 0 Å². The summed E-state index contributed by atoms with van der Waals surface area (Å²) in [5.74, 6) is 0.115. The lowest BCUT2D eigenvalue weighted by Gasteiger charge is -2.16.